The van der Waals surface area contributed by atoms with E-state index in [1.807, 2.05) is 11.3 Å². The maximum Gasteiger partial charge on any atom is 0.0731 e. The topological polar surface area (TPSA) is 12.0 Å². The Labute approximate surface area is 138 Å². The van der Waals surface area contributed by atoms with E-state index >= 15 is 0 Å². The molecular formula is C16H20BrNS2. The summed E-state index contributed by atoms with van der Waals surface area (Å²) in [6.45, 7) is 5.39. The highest BCUT2D eigenvalue weighted by atomic mass is 79.9. The molecule has 1 unspecified atom stereocenters. The van der Waals surface area contributed by atoms with Crippen LogP contribution in [0, 0.1) is 6.92 Å². The number of aryl methyl sites for hydroxylation is 1. The number of thiophene rings is 1. The lowest BCUT2D eigenvalue weighted by Crippen LogP contribution is -2.22. The Bertz CT molecular complexity index is 529. The highest BCUT2D eigenvalue weighted by molar-refractivity contribution is 9.11. The molecule has 0 aliphatic rings. The molecule has 4 heteroatoms. The summed E-state index contributed by atoms with van der Waals surface area (Å²) in [7, 11) is 0. The minimum Gasteiger partial charge on any atom is -0.306 e. The molecule has 1 nitrogen and oxygen atoms in total. The third kappa shape index (κ3) is 3.88. The zero-order valence-corrected chi connectivity index (χ0v) is 15.3. The molecule has 0 amide bonds. The zero-order valence-electron chi connectivity index (χ0n) is 12.1. The van der Waals surface area contributed by atoms with Crippen molar-refractivity contribution in [2.45, 2.75) is 31.2 Å². The first kappa shape index (κ1) is 16.1. The second-order valence-corrected chi connectivity index (χ2v) is 8.05. The number of benzene rings is 1. The Balaban J connectivity index is 2.30. The van der Waals surface area contributed by atoms with E-state index in [2.05, 4.69) is 71.7 Å². The van der Waals surface area contributed by atoms with Gasteiger partial charge in [0.05, 0.1) is 9.83 Å². The van der Waals surface area contributed by atoms with Crippen molar-refractivity contribution in [2.24, 2.45) is 0 Å². The van der Waals surface area contributed by atoms with E-state index in [0.717, 1.165) is 13.0 Å². The molecule has 108 valence electrons. The number of hydrogen-bond acceptors (Lipinski definition) is 3. The molecule has 0 saturated carbocycles. The van der Waals surface area contributed by atoms with Gasteiger partial charge in [0, 0.05) is 9.77 Å². The first-order valence-electron chi connectivity index (χ1n) is 6.79. The molecule has 0 spiro atoms. The van der Waals surface area contributed by atoms with E-state index in [0.29, 0.717) is 6.04 Å². The molecule has 0 radical (unpaired) electrons. The van der Waals surface area contributed by atoms with E-state index in [4.69, 9.17) is 0 Å². The van der Waals surface area contributed by atoms with Gasteiger partial charge in [0.25, 0.3) is 0 Å². The summed E-state index contributed by atoms with van der Waals surface area (Å²) in [4.78, 5) is 2.69. The van der Waals surface area contributed by atoms with Crippen LogP contribution < -0.4 is 5.32 Å². The third-order valence-corrected chi connectivity index (χ3v) is 6.15. The van der Waals surface area contributed by atoms with Gasteiger partial charge in [0.1, 0.15) is 0 Å². The van der Waals surface area contributed by atoms with Gasteiger partial charge in [-0.15, -0.1) is 23.1 Å². The van der Waals surface area contributed by atoms with Gasteiger partial charge in [0.15, 0.2) is 0 Å². The van der Waals surface area contributed by atoms with Crippen molar-refractivity contribution in [3.63, 3.8) is 0 Å². The summed E-state index contributed by atoms with van der Waals surface area (Å²) in [6.07, 6.45) is 3.26. The number of thioether (sulfide) groups is 1. The van der Waals surface area contributed by atoms with E-state index in [1.165, 1.54) is 24.7 Å². The monoisotopic (exact) mass is 369 g/mol. The number of hydrogen-bond donors (Lipinski definition) is 1. The predicted octanol–water partition coefficient (Wildman–Crippen LogP) is 5.63. The highest BCUT2D eigenvalue weighted by Crippen LogP contribution is 2.34. The maximum absolute atomic E-state index is 3.66. The summed E-state index contributed by atoms with van der Waals surface area (Å²) < 4.78 is 1.23. The second-order valence-electron chi connectivity index (χ2n) is 4.77. The van der Waals surface area contributed by atoms with Crippen LogP contribution in [0.5, 0.6) is 0 Å². The number of halogens is 1. The molecule has 1 atom stereocenters. The normalized spacial score (nSPS) is 12.6. The molecule has 0 bridgehead atoms. The highest BCUT2D eigenvalue weighted by Gasteiger charge is 2.16. The Kier molecular flexibility index (Phi) is 6.15. The van der Waals surface area contributed by atoms with Crippen molar-refractivity contribution in [1.82, 2.24) is 5.32 Å². The van der Waals surface area contributed by atoms with Crippen molar-refractivity contribution in [1.29, 1.82) is 0 Å². The minimum absolute atomic E-state index is 0.292. The molecule has 1 aromatic carbocycles. The summed E-state index contributed by atoms with van der Waals surface area (Å²) in [5.74, 6) is 0. The zero-order chi connectivity index (χ0) is 14.5. The van der Waals surface area contributed by atoms with Crippen LogP contribution >= 0.6 is 39.0 Å². The molecule has 2 rings (SSSR count). The van der Waals surface area contributed by atoms with E-state index < -0.39 is 0 Å². The largest absolute Gasteiger partial charge is 0.306 e. The quantitative estimate of drug-likeness (QED) is 0.662. The van der Waals surface area contributed by atoms with Crippen LogP contribution in [-0.2, 0) is 0 Å². The molecule has 0 aliphatic carbocycles. The fourth-order valence-electron chi connectivity index (χ4n) is 2.09. The summed E-state index contributed by atoms with van der Waals surface area (Å²) in [6, 6.07) is 11.5. The van der Waals surface area contributed by atoms with Crippen LogP contribution in [0.15, 0.2) is 39.0 Å². The molecule has 20 heavy (non-hydrogen) atoms. The minimum atomic E-state index is 0.292. The van der Waals surface area contributed by atoms with Gasteiger partial charge in [-0.25, -0.2) is 0 Å². The summed E-state index contributed by atoms with van der Waals surface area (Å²) in [5.41, 5.74) is 2.65. The van der Waals surface area contributed by atoms with Crippen molar-refractivity contribution in [2.75, 3.05) is 12.8 Å². The van der Waals surface area contributed by atoms with Gasteiger partial charge < -0.3 is 5.32 Å². The van der Waals surface area contributed by atoms with Gasteiger partial charge in [-0.2, -0.15) is 0 Å². The fourth-order valence-corrected chi connectivity index (χ4v) is 4.18. The Morgan fingerprint density at radius 1 is 1.30 bits per heavy atom. The second kappa shape index (κ2) is 7.64. The standard InChI is InChI=1S/C16H20BrNS2/c1-4-9-18-15(14-10-11(2)16(17)20-14)12-5-7-13(19-3)8-6-12/h5-8,10,15,18H,4,9H2,1-3H3. The molecule has 0 aliphatic heterocycles. The Hall–Kier alpha value is -0.290. The summed E-state index contributed by atoms with van der Waals surface area (Å²) >= 11 is 7.25. The van der Waals surface area contributed by atoms with Crippen LogP contribution in [0.4, 0.5) is 0 Å². The average Bonchev–Trinajstić information content (AvgIpc) is 2.79. The van der Waals surface area contributed by atoms with Crippen molar-refractivity contribution < 1.29 is 0 Å². The fraction of sp³-hybridized carbons (Fsp3) is 0.375. The average molecular weight is 370 g/mol. The maximum atomic E-state index is 3.66. The van der Waals surface area contributed by atoms with E-state index in [9.17, 15) is 0 Å². The predicted molar refractivity (Wildman–Crippen MR) is 95.1 cm³/mol. The van der Waals surface area contributed by atoms with Crippen LogP contribution in [-0.4, -0.2) is 12.8 Å². The van der Waals surface area contributed by atoms with Gasteiger partial charge in [-0.05, 0) is 71.4 Å². The van der Waals surface area contributed by atoms with Gasteiger partial charge in [-0.3, -0.25) is 0 Å². The van der Waals surface area contributed by atoms with Crippen LogP contribution in [0.25, 0.3) is 0 Å². The molecular weight excluding hydrogens is 350 g/mol. The third-order valence-electron chi connectivity index (χ3n) is 3.21. The lowest BCUT2D eigenvalue weighted by Gasteiger charge is -2.18. The lowest BCUT2D eigenvalue weighted by molar-refractivity contribution is 0.605. The van der Waals surface area contributed by atoms with Gasteiger partial charge >= 0.3 is 0 Å². The Morgan fingerprint density at radius 3 is 2.50 bits per heavy atom. The van der Waals surface area contributed by atoms with E-state index in [1.54, 1.807) is 11.8 Å². The van der Waals surface area contributed by atoms with Crippen molar-refractivity contribution >= 4 is 39.0 Å². The SMILES string of the molecule is CCCNC(c1ccc(SC)cc1)c1cc(C)c(Br)s1. The Morgan fingerprint density at radius 2 is 2.00 bits per heavy atom. The lowest BCUT2D eigenvalue weighted by atomic mass is 10.0. The molecule has 2 aromatic rings. The van der Waals surface area contributed by atoms with Crippen LogP contribution in [0.3, 0.4) is 0 Å². The molecule has 0 saturated heterocycles. The van der Waals surface area contributed by atoms with Gasteiger partial charge in [-0.1, -0.05) is 19.1 Å². The molecule has 1 heterocycles. The van der Waals surface area contributed by atoms with Crippen LogP contribution in [0.1, 0.15) is 35.4 Å². The smallest absolute Gasteiger partial charge is 0.0731 e. The van der Waals surface area contributed by atoms with Crippen molar-refractivity contribution in [3.8, 4) is 0 Å². The molecule has 1 aromatic heterocycles. The first-order chi connectivity index (χ1) is 9.65. The molecule has 0 fully saturated rings. The number of nitrogens with one attached hydrogen (secondary N) is 1. The molecule has 1 N–H and O–H groups in total. The van der Waals surface area contributed by atoms with E-state index in [-0.39, 0.29) is 0 Å². The van der Waals surface area contributed by atoms with Crippen LogP contribution in [0.2, 0.25) is 0 Å². The summed E-state index contributed by atoms with van der Waals surface area (Å²) in [5, 5.41) is 3.66. The number of rotatable bonds is 6. The first-order valence-corrected chi connectivity index (χ1v) is 9.62. The van der Waals surface area contributed by atoms with Gasteiger partial charge in [0.2, 0.25) is 0 Å². The van der Waals surface area contributed by atoms with Crippen molar-refractivity contribution in [3.05, 3.63) is 50.1 Å².